The molecule has 3 nitrogen and oxygen atoms in total. The summed E-state index contributed by atoms with van der Waals surface area (Å²) in [6.07, 6.45) is 0. The molecule has 0 saturated carbocycles. The van der Waals surface area contributed by atoms with Gasteiger partial charge in [-0.1, -0.05) is 16.8 Å². The highest BCUT2D eigenvalue weighted by Gasteiger charge is 2.20. The molecule has 0 atom stereocenters. The second-order valence-electron chi connectivity index (χ2n) is 2.96. The molecule has 0 bridgehead atoms. The van der Waals surface area contributed by atoms with Gasteiger partial charge in [-0.05, 0) is 6.07 Å². The van der Waals surface area contributed by atoms with Gasteiger partial charge >= 0.3 is 0 Å². The molecule has 7 heteroatoms. The maximum Gasteiger partial charge on any atom is 0.180 e. The van der Waals surface area contributed by atoms with Crippen molar-refractivity contribution in [1.29, 1.82) is 0 Å². The van der Waals surface area contributed by atoms with E-state index in [0.717, 1.165) is 0 Å². The smallest absolute Gasteiger partial charge is 0.180 e. The Hall–Kier alpha value is -1.69. The van der Waals surface area contributed by atoms with Crippen LogP contribution in [-0.4, -0.2) is 5.16 Å². The predicted octanol–water partition coefficient (Wildman–Crippen LogP) is 2.99. The van der Waals surface area contributed by atoms with Crippen molar-refractivity contribution in [1.82, 2.24) is 5.16 Å². The molecular weight excluding hydrogens is 245 g/mol. The van der Waals surface area contributed by atoms with Gasteiger partial charge in [-0.25, -0.2) is 13.2 Å². The quantitative estimate of drug-likeness (QED) is 0.623. The van der Waals surface area contributed by atoms with E-state index in [9.17, 15) is 13.2 Å². The zero-order valence-electron chi connectivity index (χ0n) is 7.60. The van der Waals surface area contributed by atoms with Crippen LogP contribution in [0.1, 0.15) is 0 Å². The van der Waals surface area contributed by atoms with Crippen LogP contribution < -0.4 is 5.73 Å². The lowest BCUT2D eigenvalue weighted by Gasteiger charge is -2.02. The van der Waals surface area contributed by atoms with E-state index in [1.807, 2.05) is 0 Å². The van der Waals surface area contributed by atoms with Crippen LogP contribution in [0, 0.1) is 17.5 Å². The number of rotatable bonds is 1. The van der Waals surface area contributed by atoms with Crippen LogP contribution in [0.15, 0.2) is 16.7 Å². The predicted molar refractivity (Wildman–Crippen MR) is 51.2 cm³/mol. The summed E-state index contributed by atoms with van der Waals surface area (Å²) in [5, 5.41) is 2.35. The Morgan fingerprint density at radius 1 is 1.19 bits per heavy atom. The summed E-state index contributed by atoms with van der Waals surface area (Å²) in [7, 11) is 0. The van der Waals surface area contributed by atoms with Crippen LogP contribution >= 0.6 is 11.6 Å². The summed E-state index contributed by atoms with van der Waals surface area (Å²) in [5.41, 5.74) is 4.90. The maximum atomic E-state index is 13.5. The molecule has 2 rings (SSSR count). The van der Waals surface area contributed by atoms with E-state index in [1.54, 1.807) is 0 Å². The Morgan fingerprint density at radius 3 is 2.44 bits per heavy atom. The monoisotopic (exact) mass is 248 g/mol. The average molecular weight is 249 g/mol. The zero-order chi connectivity index (χ0) is 11.9. The molecule has 1 aromatic heterocycles. The van der Waals surface area contributed by atoms with Gasteiger partial charge in [-0.15, -0.1) is 0 Å². The summed E-state index contributed by atoms with van der Waals surface area (Å²) in [6.45, 7) is 0. The van der Waals surface area contributed by atoms with Crippen LogP contribution in [0.5, 0.6) is 0 Å². The van der Waals surface area contributed by atoms with Crippen molar-refractivity contribution in [3.8, 4) is 11.3 Å². The molecule has 1 aromatic carbocycles. The average Bonchev–Trinajstić information content (AvgIpc) is 2.67. The number of halogens is 4. The van der Waals surface area contributed by atoms with E-state index >= 15 is 0 Å². The number of anilines is 1. The van der Waals surface area contributed by atoms with Gasteiger partial charge in [0, 0.05) is 6.07 Å². The van der Waals surface area contributed by atoms with Crippen LogP contribution in [0.25, 0.3) is 11.3 Å². The first-order valence-corrected chi connectivity index (χ1v) is 4.44. The first-order chi connectivity index (χ1) is 7.50. The van der Waals surface area contributed by atoms with Crippen molar-refractivity contribution < 1.29 is 17.7 Å². The number of nitrogen functional groups attached to an aromatic ring is 1. The minimum atomic E-state index is -1.45. The Morgan fingerprint density at radius 2 is 1.88 bits per heavy atom. The highest BCUT2D eigenvalue weighted by Crippen LogP contribution is 2.32. The van der Waals surface area contributed by atoms with E-state index in [4.69, 9.17) is 17.3 Å². The molecule has 0 radical (unpaired) electrons. The minimum Gasteiger partial charge on any atom is -0.381 e. The highest BCUT2D eigenvalue weighted by molar-refractivity contribution is 6.31. The summed E-state index contributed by atoms with van der Waals surface area (Å²) < 4.78 is 44.0. The molecule has 0 amide bonds. The first kappa shape index (κ1) is 10.8. The fourth-order valence-electron chi connectivity index (χ4n) is 1.17. The Balaban J connectivity index is 2.66. The molecule has 0 unspecified atom stereocenters. The lowest BCUT2D eigenvalue weighted by molar-refractivity contribution is 0.431. The van der Waals surface area contributed by atoms with Crippen LogP contribution in [0.2, 0.25) is 5.02 Å². The number of hydrogen-bond acceptors (Lipinski definition) is 3. The SMILES string of the molecule is Nc1cc(-c2cc(F)c(F)c(Cl)c2F)on1. The molecule has 0 spiro atoms. The molecule has 16 heavy (non-hydrogen) atoms. The third-order valence-corrected chi connectivity index (χ3v) is 2.23. The molecule has 0 saturated heterocycles. The van der Waals surface area contributed by atoms with Gasteiger partial charge in [-0.2, -0.15) is 0 Å². The van der Waals surface area contributed by atoms with Gasteiger partial charge in [0.05, 0.1) is 5.56 Å². The minimum absolute atomic E-state index is 0.00439. The third-order valence-electron chi connectivity index (χ3n) is 1.90. The molecule has 0 aliphatic carbocycles. The summed E-state index contributed by atoms with van der Waals surface area (Å²) >= 11 is 5.26. The van der Waals surface area contributed by atoms with Crippen molar-refractivity contribution in [2.24, 2.45) is 0 Å². The normalized spacial score (nSPS) is 10.8. The van der Waals surface area contributed by atoms with Crippen molar-refractivity contribution in [2.45, 2.75) is 0 Å². The Bertz CT molecular complexity index is 556. The van der Waals surface area contributed by atoms with E-state index < -0.39 is 22.5 Å². The number of hydrogen-bond donors (Lipinski definition) is 1. The van der Waals surface area contributed by atoms with Crippen molar-refractivity contribution in [3.63, 3.8) is 0 Å². The van der Waals surface area contributed by atoms with Gasteiger partial charge in [0.25, 0.3) is 0 Å². The number of nitrogens with zero attached hydrogens (tertiary/aromatic N) is 1. The summed E-state index contributed by atoms with van der Waals surface area (Å²) in [4.78, 5) is 0. The fraction of sp³-hybridized carbons (Fsp3) is 0. The maximum absolute atomic E-state index is 13.5. The van der Waals surface area contributed by atoms with Crippen molar-refractivity contribution in [2.75, 3.05) is 5.73 Å². The topological polar surface area (TPSA) is 52.0 Å². The molecule has 2 aromatic rings. The number of nitrogens with two attached hydrogens (primary N) is 1. The molecule has 0 fully saturated rings. The van der Waals surface area contributed by atoms with Crippen LogP contribution in [0.4, 0.5) is 19.0 Å². The van der Waals surface area contributed by atoms with Gasteiger partial charge in [0.1, 0.15) is 5.02 Å². The second kappa shape index (κ2) is 3.71. The molecule has 84 valence electrons. The lowest BCUT2D eigenvalue weighted by Crippen LogP contribution is -1.93. The summed E-state index contributed by atoms with van der Waals surface area (Å²) in [6, 6.07) is 1.79. The van der Waals surface area contributed by atoms with E-state index in [0.29, 0.717) is 6.07 Å². The van der Waals surface area contributed by atoms with Gasteiger partial charge in [-0.3, -0.25) is 0 Å². The standard InChI is InChI=1S/C9H4ClF3N2O/c10-7-8(12)3(1-4(11)9(7)13)5-2-6(14)15-16-5/h1-2H,(H2,14,15). The second-order valence-corrected chi connectivity index (χ2v) is 3.34. The van der Waals surface area contributed by atoms with E-state index in [2.05, 4.69) is 9.68 Å². The lowest BCUT2D eigenvalue weighted by atomic mass is 10.1. The Labute approximate surface area is 92.6 Å². The molecule has 0 aliphatic rings. The van der Waals surface area contributed by atoms with E-state index in [-0.39, 0.29) is 17.1 Å². The van der Waals surface area contributed by atoms with Gasteiger partial charge < -0.3 is 10.3 Å². The fourth-order valence-corrected chi connectivity index (χ4v) is 1.36. The largest absolute Gasteiger partial charge is 0.381 e. The highest BCUT2D eigenvalue weighted by atomic mass is 35.5. The van der Waals surface area contributed by atoms with Gasteiger partial charge in [0.15, 0.2) is 29.0 Å². The van der Waals surface area contributed by atoms with E-state index in [1.165, 1.54) is 6.07 Å². The van der Waals surface area contributed by atoms with Crippen molar-refractivity contribution in [3.05, 3.63) is 34.6 Å². The van der Waals surface area contributed by atoms with Crippen LogP contribution in [0.3, 0.4) is 0 Å². The molecule has 1 heterocycles. The first-order valence-electron chi connectivity index (χ1n) is 4.06. The zero-order valence-corrected chi connectivity index (χ0v) is 8.36. The summed E-state index contributed by atoms with van der Waals surface area (Å²) in [5.74, 6) is -3.99. The number of benzene rings is 1. The van der Waals surface area contributed by atoms with Gasteiger partial charge in [0.2, 0.25) is 0 Å². The molecule has 2 N–H and O–H groups in total. The third kappa shape index (κ3) is 1.61. The number of aromatic nitrogens is 1. The molecule has 0 aliphatic heterocycles. The Kier molecular flexibility index (Phi) is 2.51. The molecular formula is C9H4ClF3N2O. The van der Waals surface area contributed by atoms with Crippen LogP contribution in [-0.2, 0) is 0 Å². The van der Waals surface area contributed by atoms with Crippen molar-refractivity contribution >= 4 is 17.4 Å².